The molecule has 2 aromatic carbocycles. The third-order valence-corrected chi connectivity index (χ3v) is 4.70. The van der Waals surface area contributed by atoms with E-state index >= 15 is 0 Å². The number of rotatable bonds is 0. The Kier molecular flexibility index (Phi) is 3.22. The van der Waals surface area contributed by atoms with E-state index in [0.717, 1.165) is 33.8 Å². The van der Waals surface area contributed by atoms with Crippen LogP contribution in [0.25, 0.3) is 12.2 Å². The molecule has 4 rings (SSSR count). The van der Waals surface area contributed by atoms with Crippen molar-refractivity contribution in [3.8, 4) is 11.5 Å². The number of ether oxygens (including phenoxy) is 2. The van der Waals surface area contributed by atoms with E-state index in [1.54, 1.807) is 0 Å². The van der Waals surface area contributed by atoms with E-state index in [9.17, 15) is 0 Å². The highest BCUT2D eigenvalue weighted by molar-refractivity contribution is 6.31. The molecular formula is C19H14Cl2O2. The van der Waals surface area contributed by atoms with Gasteiger partial charge in [-0.1, -0.05) is 23.2 Å². The van der Waals surface area contributed by atoms with Gasteiger partial charge < -0.3 is 9.47 Å². The van der Waals surface area contributed by atoms with Crippen LogP contribution >= 0.6 is 23.2 Å². The summed E-state index contributed by atoms with van der Waals surface area (Å²) in [5.74, 6) is 0.595. The highest BCUT2D eigenvalue weighted by Crippen LogP contribution is 2.46. The predicted octanol–water partition coefficient (Wildman–Crippen LogP) is 5.98. The maximum Gasteiger partial charge on any atom is 0.297 e. The number of fused-ring (bicyclic) bond motifs is 2. The van der Waals surface area contributed by atoms with Gasteiger partial charge in [-0.2, -0.15) is 0 Å². The summed E-state index contributed by atoms with van der Waals surface area (Å²) < 4.78 is 12.6. The first-order valence-corrected chi connectivity index (χ1v) is 8.08. The molecule has 0 atom stereocenters. The molecule has 2 aromatic rings. The van der Waals surface area contributed by atoms with Crippen LogP contribution in [-0.4, -0.2) is 5.79 Å². The Labute approximate surface area is 144 Å². The Morgan fingerprint density at radius 3 is 1.61 bits per heavy atom. The molecule has 0 saturated heterocycles. The van der Waals surface area contributed by atoms with E-state index in [-0.39, 0.29) is 0 Å². The average molecular weight is 345 g/mol. The lowest BCUT2D eigenvalue weighted by Gasteiger charge is -2.41. The van der Waals surface area contributed by atoms with Crippen molar-refractivity contribution in [1.82, 2.24) is 0 Å². The summed E-state index contributed by atoms with van der Waals surface area (Å²) in [7, 11) is 0. The SMILES string of the molecule is CC1=Cc2cc(Cl)ccc2OC12Oc1ccc(Cl)cc1C=C2C. The number of hydrogen-bond acceptors (Lipinski definition) is 2. The van der Waals surface area contributed by atoms with Crippen molar-refractivity contribution < 1.29 is 9.47 Å². The van der Waals surface area contributed by atoms with Gasteiger partial charge in [0.2, 0.25) is 0 Å². The van der Waals surface area contributed by atoms with E-state index in [1.807, 2.05) is 50.2 Å². The van der Waals surface area contributed by atoms with Crippen LogP contribution in [0.4, 0.5) is 0 Å². The van der Waals surface area contributed by atoms with Crippen molar-refractivity contribution in [2.45, 2.75) is 19.6 Å². The van der Waals surface area contributed by atoms with E-state index < -0.39 is 5.79 Å². The normalized spacial score (nSPS) is 17.4. The van der Waals surface area contributed by atoms with Crippen LogP contribution in [0.2, 0.25) is 10.0 Å². The lowest BCUT2D eigenvalue weighted by atomic mass is 9.91. The summed E-state index contributed by atoms with van der Waals surface area (Å²) in [6.45, 7) is 4.00. The monoisotopic (exact) mass is 344 g/mol. The molecule has 116 valence electrons. The largest absolute Gasteiger partial charge is 0.444 e. The molecule has 0 aliphatic carbocycles. The Morgan fingerprint density at radius 2 is 1.17 bits per heavy atom. The van der Waals surface area contributed by atoms with E-state index in [2.05, 4.69) is 12.2 Å². The van der Waals surface area contributed by atoms with Crippen molar-refractivity contribution in [1.29, 1.82) is 0 Å². The maximum absolute atomic E-state index is 6.28. The third kappa shape index (κ3) is 2.25. The van der Waals surface area contributed by atoms with Crippen LogP contribution in [0, 0.1) is 0 Å². The van der Waals surface area contributed by atoms with Crippen LogP contribution < -0.4 is 9.47 Å². The lowest BCUT2D eigenvalue weighted by Crippen LogP contribution is -2.47. The summed E-state index contributed by atoms with van der Waals surface area (Å²) >= 11 is 12.1. The average Bonchev–Trinajstić information content (AvgIpc) is 2.50. The molecule has 2 nitrogen and oxygen atoms in total. The smallest absolute Gasteiger partial charge is 0.297 e. The van der Waals surface area contributed by atoms with Gasteiger partial charge in [-0.15, -0.1) is 0 Å². The fourth-order valence-corrected chi connectivity index (χ4v) is 3.43. The van der Waals surface area contributed by atoms with E-state index in [4.69, 9.17) is 32.7 Å². The van der Waals surface area contributed by atoms with Gasteiger partial charge in [-0.05, 0) is 62.4 Å². The standard InChI is InChI=1S/C19H14Cl2O2/c1-11-7-13-9-15(20)3-5-17(13)22-19(11)12(2)8-14-10-16(21)4-6-18(14)23-19/h3-10H,1-2H3. The molecule has 2 heterocycles. The summed E-state index contributed by atoms with van der Waals surface area (Å²) in [6.07, 6.45) is 4.12. The molecule has 4 heteroatoms. The Balaban J connectivity index is 1.85. The third-order valence-electron chi connectivity index (χ3n) is 4.23. The minimum atomic E-state index is -0.915. The zero-order chi connectivity index (χ0) is 16.2. The first-order chi connectivity index (χ1) is 11.0. The highest BCUT2D eigenvalue weighted by Gasteiger charge is 2.44. The highest BCUT2D eigenvalue weighted by atomic mass is 35.5. The van der Waals surface area contributed by atoms with Crippen molar-refractivity contribution in [2.75, 3.05) is 0 Å². The molecule has 0 radical (unpaired) electrons. The van der Waals surface area contributed by atoms with Crippen molar-refractivity contribution in [2.24, 2.45) is 0 Å². The van der Waals surface area contributed by atoms with Gasteiger partial charge in [0, 0.05) is 32.3 Å². The number of hydrogen-bond donors (Lipinski definition) is 0. The number of benzene rings is 2. The number of halogens is 2. The molecule has 0 aromatic heterocycles. The second kappa shape index (κ2) is 5.05. The fourth-order valence-electron chi connectivity index (χ4n) is 3.07. The topological polar surface area (TPSA) is 18.5 Å². The zero-order valence-corrected chi connectivity index (χ0v) is 14.2. The van der Waals surface area contributed by atoms with Crippen LogP contribution in [0.1, 0.15) is 25.0 Å². The van der Waals surface area contributed by atoms with E-state index in [0.29, 0.717) is 10.0 Å². The summed E-state index contributed by atoms with van der Waals surface area (Å²) in [6, 6.07) is 11.2. The maximum atomic E-state index is 6.28. The quantitative estimate of drug-likeness (QED) is 0.585. The Bertz CT molecular complexity index is 807. The molecule has 2 aliphatic rings. The van der Waals surface area contributed by atoms with Gasteiger partial charge >= 0.3 is 0 Å². The van der Waals surface area contributed by atoms with Crippen molar-refractivity contribution >= 4 is 35.4 Å². The first-order valence-electron chi connectivity index (χ1n) is 7.33. The van der Waals surface area contributed by atoms with Crippen LogP contribution in [0.5, 0.6) is 11.5 Å². The zero-order valence-electron chi connectivity index (χ0n) is 12.7. The summed E-state index contributed by atoms with van der Waals surface area (Å²) in [5.41, 5.74) is 3.86. The van der Waals surface area contributed by atoms with Gasteiger partial charge in [-0.3, -0.25) is 0 Å². The van der Waals surface area contributed by atoms with Crippen LogP contribution in [0.3, 0.4) is 0 Å². The van der Waals surface area contributed by atoms with Gasteiger partial charge in [-0.25, -0.2) is 0 Å². The van der Waals surface area contributed by atoms with Gasteiger partial charge in [0.25, 0.3) is 5.79 Å². The van der Waals surface area contributed by atoms with Gasteiger partial charge in [0.15, 0.2) is 0 Å². The van der Waals surface area contributed by atoms with Crippen LogP contribution in [0.15, 0.2) is 47.5 Å². The molecule has 2 aliphatic heterocycles. The summed E-state index contributed by atoms with van der Waals surface area (Å²) in [5, 5.41) is 1.37. The minimum absolute atomic E-state index is 0.684. The van der Waals surface area contributed by atoms with Gasteiger partial charge in [0.1, 0.15) is 11.5 Å². The molecule has 1 spiro atoms. The minimum Gasteiger partial charge on any atom is -0.444 e. The molecule has 0 amide bonds. The predicted molar refractivity (Wildman–Crippen MR) is 94.2 cm³/mol. The fraction of sp³-hybridized carbons (Fsp3) is 0.158. The first kappa shape index (κ1) is 14.7. The molecule has 0 saturated carbocycles. The lowest BCUT2D eigenvalue weighted by molar-refractivity contribution is -0.0514. The molecule has 0 bridgehead atoms. The van der Waals surface area contributed by atoms with E-state index in [1.165, 1.54) is 0 Å². The van der Waals surface area contributed by atoms with Crippen molar-refractivity contribution in [3.05, 3.63) is 68.7 Å². The Hall–Kier alpha value is -1.90. The Morgan fingerprint density at radius 1 is 0.739 bits per heavy atom. The van der Waals surface area contributed by atoms with Gasteiger partial charge in [0.05, 0.1) is 0 Å². The summed E-state index contributed by atoms with van der Waals surface area (Å²) in [4.78, 5) is 0. The van der Waals surface area contributed by atoms with Crippen LogP contribution in [-0.2, 0) is 0 Å². The second-order valence-corrected chi connectivity index (χ2v) is 6.71. The van der Waals surface area contributed by atoms with Crippen molar-refractivity contribution in [3.63, 3.8) is 0 Å². The molecule has 0 fully saturated rings. The molecular weight excluding hydrogens is 331 g/mol. The molecule has 0 N–H and O–H groups in total. The second-order valence-electron chi connectivity index (χ2n) is 5.84. The molecule has 23 heavy (non-hydrogen) atoms. The molecule has 0 unspecified atom stereocenters.